The molecule has 22 heavy (non-hydrogen) atoms. The van der Waals surface area contributed by atoms with E-state index in [1.54, 1.807) is 16.9 Å². The van der Waals surface area contributed by atoms with E-state index in [1.165, 1.54) is 0 Å². The lowest BCUT2D eigenvalue weighted by Gasteiger charge is -2.12. The Morgan fingerprint density at radius 2 is 2.41 bits per heavy atom. The number of ether oxygens (including phenoxy) is 2. The van der Waals surface area contributed by atoms with Gasteiger partial charge in [0, 0.05) is 10.9 Å². The molecule has 1 aliphatic heterocycles. The zero-order valence-electron chi connectivity index (χ0n) is 11.8. The number of aromatic amines is 1. The van der Waals surface area contributed by atoms with Crippen LogP contribution in [0.5, 0.6) is 0 Å². The minimum Gasteiger partial charge on any atom is -0.456 e. The first-order valence-electron chi connectivity index (χ1n) is 7.04. The molecular weight excluding hydrogens is 284 g/mol. The summed E-state index contributed by atoms with van der Waals surface area (Å²) < 4.78 is 12.5. The molecule has 2 aromatic heterocycles. The second-order valence-corrected chi connectivity index (χ2v) is 5.12. The van der Waals surface area contributed by atoms with Crippen LogP contribution >= 0.6 is 0 Å². The summed E-state index contributed by atoms with van der Waals surface area (Å²) in [6, 6.07) is 7.49. The van der Waals surface area contributed by atoms with Gasteiger partial charge in [0.05, 0.1) is 37.2 Å². The number of carbonyl (C=O) groups is 1. The quantitative estimate of drug-likeness (QED) is 0.743. The Balaban J connectivity index is 1.50. The Kier molecular flexibility index (Phi) is 3.12. The Morgan fingerprint density at radius 1 is 1.45 bits per heavy atom. The maximum atomic E-state index is 12.1. The first-order valence-corrected chi connectivity index (χ1v) is 7.04. The molecule has 0 fully saturated rings. The number of benzene rings is 1. The van der Waals surface area contributed by atoms with Crippen molar-refractivity contribution >= 4 is 16.9 Å². The third-order valence-corrected chi connectivity index (χ3v) is 3.69. The molecule has 0 bridgehead atoms. The maximum Gasteiger partial charge on any atom is 0.359 e. The number of fused-ring (bicyclic) bond motifs is 2. The summed E-state index contributed by atoms with van der Waals surface area (Å²) in [5.74, 6) is -0.432. The minimum atomic E-state index is -0.432. The first kappa shape index (κ1) is 13.0. The van der Waals surface area contributed by atoms with Gasteiger partial charge in [0.15, 0.2) is 5.69 Å². The van der Waals surface area contributed by atoms with Crippen LogP contribution in [0.1, 0.15) is 21.7 Å². The number of rotatable bonds is 3. The molecule has 0 saturated carbocycles. The summed E-state index contributed by atoms with van der Waals surface area (Å²) in [6.45, 7) is 1.94. The number of aromatic nitrogens is 4. The molecule has 1 aromatic carbocycles. The van der Waals surface area contributed by atoms with Crippen molar-refractivity contribution in [2.45, 2.75) is 19.8 Å². The van der Waals surface area contributed by atoms with Gasteiger partial charge in [-0.05, 0) is 6.07 Å². The van der Waals surface area contributed by atoms with E-state index in [2.05, 4.69) is 15.3 Å². The van der Waals surface area contributed by atoms with Crippen LogP contribution in [0.3, 0.4) is 0 Å². The fourth-order valence-corrected chi connectivity index (χ4v) is 2.56. The predicted molar refractivity (Wildman–Crippen MR) is 77.1 cm³/mol. The molecule has 7 heteroatoms. The van der Waals surface area contributed by atoms with Gasteiger partial charge in [-0.2, -0.15) is 10.2 Å². The molecule has 0 spiro atoms. The van der Waals surface area contributed by atoms with Crippen LogP contribution in [-0.4, -0.2) is 32.6 Å². The number of hydrogen-bond donors (Lipinski definition) is 1. The van der Waals surface area contributed by atoms with Crippen LogP contribution in [0.2, 0.25) is 0 Å². The fourth-order valence-electron chi connectivity index (χ4n) is 2.56. The molecule has 0 unspecified atom stereocenters. The van der Waals surface area contributed by atoms with Gasteiger partial charge in [-0.15, -0.1) is 0 Å². The lowest BCUT2D eigenvalue weighted by atomic mass is 10.1. The van der Waals surface area contributed by atoms with Crippen molar-refractivity contribution in [1.82, 2.24) is 20.0 Å². The van der Waals surface area contributed by atoms with Gasteiger partial charge in [0.25, 0.3) is 0 Å². The van der Waals surface area contributed by atoms with Crippen molar-refractivity contribution in [1.29, 1.82) is 0 Å². The minimum absolute atomic E-state index is 0.178. The van der Waals surface area contributed by atoms with Crippen LogP contribution in [0, 0.1) is 0 Å². The number of nitrogens with one attached hydrogen (secondary N) is 1. The predicted octanol–water partition coefficient (Wildman–Crippen LogP) is 1.65. The van der Waals surface area contributed by atoms with Crippen molar-refractivity contribution in [2.75, 3.05) is 6.61 Å². The molecule has 3 heterocycles. The summed E-state index contributed by atoms with van der Waals surface area (Å²) >= 11 is 0. The second kappa shape index (κ2) is 5.27. The van der Waals surface area contributed by atoms with E-state index in [0.29, 0.717) is 25.5 Å². The molecule has 0 atom stereocenters. The smallest absolute Gasteiger partial charge is 0.359 e. The summed E-state index contributed by atoms with van der Waals surface area (Å²) in [7, 11) is 0. The number of carbonyl (C=O) groups excluding carboxylic acids is 1. The molecule has 0 amide bonds. The maximum absolute atomic E-state index is 12.1. The third-order valence-electron chi connectivity index (χ3n) is 3.69. The summed E-state index contributed by atoms with van der Waals surface area (Å²) in [5, 5.41) is 12.2. The van der Waals surface area contributed by atoms with E-state index in [4.69, 9.17) is 9.47 Å². The van der Waals surface area contributed by atoms with Gasteiger partial charge < -0.3 is 9.47 Å². The summed E-state index contributed by atoms with van der Waals surface area (Å²) in [4.78, 5) is 12.1. The van der Waals surface area contributed by atoms with Crippen LogP contribution in [0.15, 0.2) is 30.5 Å². The van der Waals surface area contributed by atoms with Gasteiger partial charge in [-0.3, -0.25) is 9.78 Å². The van der Waals surface area contributed by atoms with Crippen LogP contribution in [0.4, 0.5) is 0 Å². The lowest BCUT2D eigenvalue weighted by Crippen LogP contribution is -2.17. The Hall–Kier alpha value is -2.67. The molecule has 1 N–H and O–H groups in total. The molecule has 3 aromatic rings. The second-order valence-electron chi connectivity index (χ2n) is 5.12. The SMILES string of the molecule is O=C(OCc1cccc2cn[nH]c12)c1cc2n(n1)CCOC2. The lowest BCUT2D eigenvalue weighted by molar-refractivity contribution is 0.0464. The summed E-state index contributed by atoms with van der Waals surface area (Å²) in [5.41, 5.74) is 2.98. The molecule has 0 aliphatic carbocycles. The molecule has 112 valence electrons. The average Bonchev–Trinajstić information content (AvgIpc) is 3.18. The first-order chi connectivity index (χ1) is 10.8. The van der Waals surface area contributed by atoms with Crippen molar-refractivity contribution in [3.05, 3.63) is 47.4 Å². The highest BCUT2D eigenvalue weighted by Gasteiger charge is 2.18. The van der Waals surface area contributed by atoms with E-state index in [9.17, 15) is 4.79 Å². The van der Waals surface area contributed by atoms with Crippen LogP contribution < -0.4 is 0 Å². The zero-order chi connectivity index (χ0) is 14.9. The van der Waals surface area contributed by atoms with Gasteiger partial charge in [0.1, 0.15) is 6.61 Å². The number of nitrogens with zero attached hydrogens (tertiary/aromatic N) is 3. The van der Waals surface area contributed by atoms with E-state index in [-0.39, 0.29) is 6.61 Å². The molecule has 0 radical (unpaired) electrons. The number of para-hydroxylation sites is 1. The van der Waals surface area contributed by atoms with Gasteiger partial charge >= 0.3 is 5.97 Å². The Bertz CT molecular complexity index is 813. The third kappa shape index (κ3) is 2.25. The Morgan fingerprint density at radius 3 is 3.32 bits per heavy atom. The van der Waals surface area contributed by atoms with Crippen LogP contribution in [-0.2, 0) is 29.2 Å². The molecule has 4 rings (SSSR count). The number of hydrogen-bond acceptors (Lipinski definition) is 5. The van der Waals surface area contributed by atoms with Crippen molar-refractivity contribution in [3.63, 3.8) is 0 Å². The molecule has 0 saturated heterocycles. The van der Waals surface area contributed by atoms with Crippen molar-refractivity contribution < 1.29 is 14.3 Å². The topological polar surface area (TPSA) is 82.0 Å². The van der Waals surface area contributed by atoms with E-state index < -0.39 is 5.97 Å². The molecule has 7 nitrogen and oxygen atoms in total. The van der Waals surface area contributed by atoms with E-state index in [0.717, 1.165) is 22.2 Å². The van der Waals surface area contributed by atoms with Gasteiger partial charge in [-0.1, -0.05) is 18.2 Å². The zero-order valence-corrected chi connectivity index (χ0v) is 11.8. The highest BCUT2D eigenvalue weighted by molar-refractivity contribution is 5.87. The highest BCUT2D eigenvalue weighted by atomic mass is 16.5. The van der Waals surface area contributed by atoms with E-state index in [1.807, 2.05) is 18.2 Å². The highest BCUT2D eigenvalue weighted by Crippen LogP contribution is 2.17. The molecule has 1 aliphatic rings. The van der Waals surface area contributed by atoms with Crippen molar-refractivity contribution in [2.24, 2.45) is 0 Å². The van der Waals surface area contributed by atoms with Crippen LogP contribution in [0.25, 0.3) is 10.9 Å². The Labute approximate surface area is 125 Å². The van der Waals surface area contributed by atoms with E-state index >= 15 is 0 Å². The largest absolute Gasteiger partial charge is 0.456 e. The monoisotopic (exact) mass is 298 g/mol. The number of H-pyrrole nitrogens is 1. The fraction of sp³-hybridized carbons (Fsp3) is 0.267. The van der Waals surface area contributed by atoms with Crippen molar-refractivity contribution in [3.8, 4) is 0 Å². The van der Waals surface area contributed by atoms with Gasteiger partial charge in [-0.25, -0.2) is 4.79 Å². The summed E-state index contributed by atoms with van der Waals surface area (Å²) in [6.07, 6.45) is 1.74. The number of esters is 1. The molecular formula is C15H14N4O3. The standard InChI is InChI=1S/C15H14N4O3/c20-15(13-6-12-9-21-5-4-19(12)18-13)22-8-11-3-1-2-10-7-16-17-14(10)11/h1-3,6-7H,4-5,8-9H2,(H,16,17). The normalized spacial score (nSPS) is 14.0. The van der Waals surface area contributed by atoms with Gasteiger partial charge in [0.2, 0.25) is 0 Å². The average molecular weight is 298 g/mol.